The van der Waals surface area contributed by atoms with Crippen LogP contribution in [-0.2, 0) is 0 Å². The van der Waals surface area contributed by atoms with Crippen molar-refractivity contribution in [3.05, 3.63) is 11.6 Å². The zero-order valence-electron chi connectivity index (χ0n) is 16.9. The van der Waals surface area contributed by atoms with Crippen LogP contribution in [0.3, 0.4) is 0 Å². The van der Waals surface area contributed by atoms with Gasteiger partial charge in [-0.25, -0.2) is 0 Å². The highest BCUT2D eigenvalue weighted by Crippen LogP contribution is 2.66. The molecule has 4 aliphatic carbocycles. The molecular weight excluding hydrogens is 304 g/mol. The van der Waals surface area contributed by atoms with Crippen LogP contribution in [-0.4, -0.2) is 11.2 Å². The van der Waals surface area contributed by atoms with E-state index in [1.807, 2.05) is 5.57 Å². The second-order valence-electron chi connectivity index (χ2n) is 10.4. The summed E-state index contributed by atoms with van der Waals surface area (Å²) >= 11 is 0. The average molecular weight is 345 g/mol. The summed E-state index contributed by atoms with van der Waals surface area (Å²) in [6.07, 6.45) is 18.8. The molecule has 3 saturated carbocycles. The highest BCUT2D eigenvalue weighted by atomic mass is 16.3. The van der Waals surface area contributed by atoms with Crippen LogP contribution < -0.4 is 0 Å². The van der Waals surface area contributed by atoms with Crippen LogP contribution >= 0.6 is 0 Å². The van der Waals surface area contributed by atoms with Crippen LogP contribution in [0.4, 0.5) is 0 Å². The van der Waals surface area contributed by atoms with Crippen molar-refractivity contribution >= 4 is 0 Å². The molecule has 1 nitrogen and oxygen atoms in total. The van der Waals surface area contributed by atoms with Gasteiger partial charge in [0.05, 0.1) is 6.10 Å². The van der Waals surface area contributed by atoms with E-state index in [4.69, 9.17) is 0 Å². The van der Waals surface area contributed by atoms with Gasteiger partial charge in [0.1, 0.15) is 0 Å². The van der Waals surface area contributed by atoms with Crippen molar-refractivity contribution in [2.45, 2.75) is 104 Å². The molecule has 0 aromatic carbocycles. The van der Waals surface area contributed by atoms with E-state index in [9.17, 15) is 5.11 Å². The van der Waals surface area contributed by atoms with E-state index in [0.717, 1.165) is 30.1 Å². The number of hydrogen-bond donors (Lipinski definition) is 1. The highest BCUT2D eigenvalue weighted by Gasteiger charge is 2.59. The van der Waals surface area contributed by atoms with Crippen molar-refractivity contribution in [1.29, 1.82) is 0 Å². The quantitative estimate of drug-likeness (QED) is 0.455. The Morgan fingerprint density at radius 3 is 2.72 bits per heavy atom. The van der Waals surface area contributed by atoms with Gasteiger partial charge in [-0.15, -0.1) is 0 Å². The summed E-state index contributed by atoms with van der Waals surface area (Å²) in [5.41, 5.74) is 2.58. The van der Waals surface area contributed by atoms with Crippen LogP contribution in [0, 0.1) is 34.5 Å². The van der Waals surface area contributed by atoms with Gasteiger partial charge >= 0.3 is 0 Å². The Morgan fingerprint density at radius 2 is 1.92 bits per heavy atom. The van der Waals surface area contributed by atoms with Crippen LogP contribution in [0.5, 0.6) is 0 Å². The summed E-state index contributed by atoms with van der Waals surface area (Å²) in [7, 11) is 0. The summed E-state index contributed by atoms with van der Waals surface area (Å²) in [6, 6.07) is 0. The standard InChI is InChI=1S/C24H40O/c1-4-5-6-9-17-16-18-20-11-12-22(25)24(20,3)15-13-21(18)23(2)14-8-7-10-19(17)23/h10,17-18,20-22,25H,4-9,11-16H2,1-3H3/t17-,18-,20-,21-,22-,23-,24-/m0/s1. The molecule has 4 aliphatic rings. The molecule has 7 atom stereocenters. The van der Waals surface area contributed by atoms with Crippen molar-refractivity contribution in [2.24, 2.45) is 34.5 Å². The van der Waals surface area contributed by atoms with Gasteiger partial charge in [-0.2, -0.15) is 0 Å². The molecule has 0 aromatic rings. The molecular formula is C24H40O. The molecule has 0 saturated heterocycles. The van der Waals surface area contributed by atoms with Crippen molar-refractivity contribution in [3.63, 3.8) is 0 Å². The topological polar surface area (TPSA) is 20.2 Å². The Bertz CT molecular complexity index is 522. The van der Waals surface area contributed by atoms with E-state index >= 15 is 0 Å². The predicted octanol–water partition coefficient (Wildman–Crippen LogP) is 6.51. The maximum atomic E-state index is 10.7. The Morgan fingerprint density at radius 1 is 1.08 bits per heavy atom. The van der Waals surface area contributed by atoms with Gasteiger partial charge in [0.25, 0.3) is 0 Å². The molecule has 0 radical (unpaired) electrons. The fourth-order valence-corrected chi connectivity index (χ4v) is 7.89. The van der Waals surface area contributed by atoms with Gasteiger partial charge in [-0.05, 0) is 92.3 Å². The second kappa shape index (κ2) is 6.70. The normalized spacial score (nSPS) is 49.1. The lowest BCUT2D eigenvalue weighted by Gasteiger charge is -2.60. The molecule has 142 valence electrons. The molecule has 0 heterocycles. The zero-order chi connectivity index (χ0) is 17.7. The summed E-state index contributed by atoms with van der Waals surface area (Å²) < 4.78 is 0. The molecule has 0 aliphatic heterocycles. The minimum Gasteiger partial charge on any atom is -0.393 e. The number of hydrogen-bond acceptors (Lipinski definition) is 1. The van der Waals surface area contributed by atoms with Gasteiger partial charge in [0.2, 0.25) is 0 Å². The molecule has 0 spiro atoms. The Kier molecular flexibility index (Phi) is 4.84. The maximum absolute atomic E-state index is 10.7. The molecule has 0 amide bonds. The van der Waals surface area contributed by atoms with E-state index in [1.54, 1.807) is 0 Å². The van der Waals surface area contributed by atoms with E-state index in [-0.39, 0.29) is 11.5 Å². The lowest BCUT2D eigenvalue weighted by atomic mass is 9.45. The number of rotatable bonds is 4. The summed E-state index contributed by atoms with van der Waals surface area (Å²) in [4.78, 5) is 0. The first kappa shape index (κ1) is 18.1. The first-order chi connectivity index (χ1) is 12.0. The van der Waals surface area contributed by atoms with Gasteiger partial charge in [0, 0.05) is 0 Å². The minimum absolute atomic E-state index is 0.0342. The number of fused-ring (bicyclic) bond motifs is 5. The van der Waals surface area contributed by atoms with Crippen molar-refractivity contribution in [2.75, 3.05) is 0 Å². The van der Waals surface area contributed by atoms with E-state index < -0.39 is 0 Å². The minimum atomic E-state index is -0.0342. The molecule has 1 N–H and O–H groups in total. The lowest BCUT2D eigenvalue weighted by molar-refractivity contribution is -0.0832. The molecule has 0 unspecified atom stereocenters. The van der Waals surface area contributed by atoms with Crippen LogP contribution in [0.2, 0.25) is 0 Å². The highest BCUT2D eigenvalue weighted by molar-refractivity contribution is 5.26. The van der Waals surface area contributed by atoms with E-state index in [2.05, 4.69) is 26.8 Å². The zero-order valence-corrected chi connectivity index (χ0v) is 16.9. The number of allylic oxidation sites excluding steroid dienone is 2. The maximum Gasteiger partial charge on any atom is 0.0596 e. The fourth-order valence-electron chi connectivity index (χ4n) is 7.89. The lowest BCUT2D eigenvalue weighted by Crippen LogP contribution is -2.52. The van der Waals surface area contributed by atoms with Crippen molar-refractivity contribution in [1.82, 2.24) is 0 Å². The molecule has 4 rings (SSSR count). The third kappa shape index (κ3) is 2.75. The summed E-state index contributed by atoms with van der Waals surface area (Å²) in [5.74, 6) is 3.40. The van der Waals surface area contributed by atoms with Gasteiger partial charge < -0.3 is 5.11 Å². The summed E-state index contributed by atoms with van der Waals surface area (Å²) in [6.45, 7) is 7.38. The van der Waals surface area contributed by atoms with E-state index in [0.29, 0.717) is 5.41 Å². The van der Waals surface area contributed by atoms with Gasteiger partial charge in [0.15, 0.2) is 0 Å². The third-order valence-electron chi connectivity index (χ3n) is 9.28. The SMILES string of the molecule is CCCCC[C@H]1C[C@H]2[C@@H]3CC[C@H](O)[C@@]3(C)CC[C@@H]2[C@@]2(C)CCCC=C12. The molecule has 0 bridgehead atoms. The number of aliphatic hydroxyl groups excluding tert-OH is 1. The summed E-state index contributed by atoms with van der Waals surface area (Å²) in [5, 5.41) is 10.7. The second-order valence-corrected chi connectivity index (χ2v) is 10.4. The third-order valence-corrected chi connectivity index (χ3v) is 9.28. The average Bonchev–Trinajstić information content (AvgIpc) is 2.90. The smallest absolute Gasteiger partial charge is 0.0596 e. The first-order valence-corrected chi connectivity index (χ1v) is 11.4. The number of unbranched alkanes of at least 4 members (excludes halogenated alkanes) is 2. The largest absolute Gasteiger partial charge is 0.393 e. The molecule has 1 heteroatoms. The molecule has 3 fully saturated rings. The predicted molar refractivity (Wildman–Crippen MR) is 105 cm³/mol. The van der Waals surface area contributed by atoms with E-state index in [1.165, 1.54) is 70.6 Å². The van der Waals surface area contributed by atoms with Crippen LogP contribution in [0.25, 0.3) is 0 Å². The monoisotopic (exact) mass is 344 g/mol. The van der Waals surface area contributed by atoms with Crippen LogP contribution in [0.1, 0.15) is 97.8 Å². The Balaban J connectivity index is 1.64. The first-order valence-electron chi connectivity index (χ1n) is 11.4. The van der Waals surface area contributed by atoms with Gasteiger partial charge in [-0.3, -0.25) is 0 Å². The van der Waals surface area contributed by atoms with Crippen molar-refractivity contribution < 1.29 is 5.11 Å². The molecule has 0 aromatic heterocycles. The molecule has 25 heavy (non-hydrogen) atoms. The Hall–Kier alpha value is -0.300. The Labute approximate surface area is 155 Å². The van der Waals surface area contributed by atoms with Crippen molar-refractivity contribution in [3.8, 4) is 0 Å². The van der Waals surface area contributed by atoms with Gasteiger partial charge in [-0.1, -0.05) is 51.7 Å². The number of aliphatic hydroxyl groups is 1. The fraction of sp³-hybridized carbons (Fsp3) is 0.917. The van der Waals surface area contributed by atoms with Crippen LogP contribution in [0.15, 0.2) is 11.6 Å².